The smallest absolute Gasteiger partial charge is 0.413 e. The fourth-order valence-corrected chi connectivity index (χ4v) is 5.41. The van der Waals surface area contributed by atoms with E-state index in [1.807, 2.05) is 5.32 Å². The number of esters is 1. The quantitative estimate of drug-likeness (QED) is 0.361. The lowest BCUT2D eigenvalue weighted by Gasteiger charge is -2.13. The zero-order valence-electron chi connectivity index (χ0n) is 20.0. The average molecular weight is 546 g/mol. The first kappa shape index (κ1) is 27.4. The largest absolute Gasteiger partial charge is 0.462 e. The first-order chi connectivity index (χ1) is 17.6. The van der Waals surface area contributed by atoms with Crippen molar-refractivity contribution in [1.82, 2.24) is 5.32 Å². The van der Waals surface area contributed by atoms with Gasteiger partial charge in [0.15, 0.2) is 0 Å². The summed E-state index contributed by atoms with van der Waals surface area (Å²) in [7, 11) is -2.93. The number of thiophene rings is 1. The molecule has 37 heavy (non-hydrogen) atoms. The molecule has 0 saturated carbocycles. The van der Waals surface area contributed by atoms with Gasteiger partial charge < -0.3 is 14.8 Å². The molecule has 0 aliphatic rings. The topological polar surface area (TPSA) is 157 Å². The molecule has 0 fully saturated rings. The van der Waals surface area contributed by atoms with E-state index in [-0.39, 0.29) is 43.8 Å². The van der Waals surface area contributed by atoms with E-state index in [1.165, 1.54) is 37.3 Å². The monoisotopic (exact) mass is 545 g/mol. The van der Waals surface area contributed by atoms with Crippen LogP contribution in [0.2, 0.25) is 0 Å². The number of methoxy groups -OCH3 is 1. The van der Waals surface area contributed by atoms with E-state index in [0.29, 0.717) is 0 Å². The Balaban J connectivity index is 1.98. The molecule has 0 bridgehead atoms. The molecule has 0 atom stereocenters. The van der Waals surface area contributed by atoms with Crippen LogP contribution >= 0.6 is 11.3 Å². The molecule has 2 aromatic carbocycles. The van der Waals surface area contributed by atoms with Crippen LogP contribution in [0.3, 0.4) is 0 Å². The van der Waals surface area contributed by atoms with Crippen LogP contribution in [-0.2, 0) is 19.5 Å². The second-order valence-corrected chi connectivity index (χ2v) is 10.0. The van der Waals surface area contributed by atoms with Gasteiger partial charge in [0, 0.05) is 0 Å². The maximum Gasteiger partial charge on any atom is 0.413 e. The number of anilines is 2. The number of carbonyl (C=O) groups excluding carboxylic acids is 4. The molecule has 0 unspecified atom stereocenters. The molecule has 0 radical (unpaired) electrons. The maximum atomic E-state index is 13.2. The lowest BCUT2D eigenvalue weighted by atomic mass is 10.1. The number of benzene rings is 2. The normalized spacial score (nSPS) is 10.8. The van der Waals surface area contributed by atoms with E-state index in [9.17, 15) is 27.6 Å². The minimum absolute atomic E-state index is 0.0000567. The van der Waals surface area contributed by atoms with Crippen LogP contribution in [0, 0.1) is 6.92 Å². The molecule has 3 N–H and O–H groups in total. The summed E-state index contributed by atoms with van der Waals surface area (Å²) in [5, 5.41) is 4.50. The summed E-state index contributed by atoms with van der Waals surface area (Å²) in [6.07, 6.45) is -1.04. The molecule has 0 aliphatic carbocycles. The fraction of sp³-hybridized carbons (Fsp3) is 0.167. The molecule has 0 aliphatic heterocycles. The van der Waals surface area contributed by atoms with Crippen molar-refractivity contribution in [2.24, 2.45) is 0 Å². The molecular formula is C24H23N3O8S2. The van der Waals surface area contributed by atoms with E-state index in [1.54, 1.807) is 31.2 Å². The van der Waals surface area contributed by atoms with Gasteiger partial charge >= 0.3 is 12.1 Å². The highest BCUT2D eigenvalue weighted by Crippen LogP contribution is 2.34. The summed E-state index contributed by atoms with van der Waals surface area (Å²) >= 11 is 0.778. The number of amides is 3. The van der Waals surface area contributed by atoms with E-state index in [2.05, 4.69) is 14.8 Å². The Morgan fingerprint density at radius 1 is 0.946 bits per heavy atom. The van der Waals surface area contributed by atoms with E-state index >= 15 is 0 Å². The standard InChI is InChI=1S/C24H23N3O8S2/c1-4-35-23(30)19-14(2)18(21(29)26-24(31)34-3)22(36-19)25-20(28)16-12-8-9-13-17(16)27-37(32,33)15-10-6-5-7-11-15/h5-13,27H,4H2,1-3H3,(H,25,28)(H,26,29,31). The van der Waals surface area contributed by atoms with Crippen LogP contribution in [0.25, 0.3) is 0 Å². The lowest BCUT2D eigenvalue weighted by molar-refractivity contribution is 0.0531. The fourth-order valence-electron chi connectivity index (χ4n) is 3.22. The molecule has 1 heterocycles. The third-order valence-electron chi connectivity index (χ3n) is 4.93. The Morgan fingerprint density at radius 3 is 2.24 bits per heavy atom. The second-order valence-electron chi connectivity index (χ2n) is 7.34. The second kappa shape index (κ2) is 11.7. The number of para-hydroxylation sites is 1. The molecule has 0 spiro atoms. The van der Waals surface area contributed by atoms with Crippen LogP contribution in [0.1, 0.15) is 42.9 Å². The highest BCUT2D eigenvalue weighted by atomic mass is 32.2. The maximum absolute atomic E-state index is 13.2. The molecule has 3 rings (SSSR count). The van der Waals surface area contributed by atoms with Gasteiger partial charge in [-0.15, -0.1) is 11.3 Å². The number of rotatable bonds is 8. The van der Waals surface area contributed by atoms with Crippen LogP contribution in [0.15, 0.2) is 59.5 Å². The van der Waals surface area contributed by atoms with Gasteiger partial charge in [-0.25, -0.2) is 18.0 Å². The first-order valence-corrected chi connectivity index (χ1v) is 13.1. The van der Waals surface area contributed by atoms with Crippen molar-refractivity contribution in [3.8, 4) is 0 Å². The third-order valence-corrected chi connectivity index (χ3v) is 7.50. The summed E-state index contributed by atoms with van der Waals surface area (Å²) in [6.45, 7) is 3.16. The van der Waals surface area contributed by atoms with Crippen molar-refractivity contribution < 1.29 is 37.1 Å². The average Bonchev–Trinajstić information content (AvgIpc) is 3.20. The molecular weight excluding hydrogens is 522 g/mol. The number of ether oxygens (including phenoxy) is 2. The van der Waals surface area contributed by atoms with E-state index < -0.39 is 33.9 Å². The molecule has 3 amide bonds. The Morgan fingerprint density at radius 2 is 1.59 bits per heavy atom. The lowest BCUT2D eigenvalue weighted by Crippen LogP contribution is -2.31. The summed E-state index contributed by atoms with van der Waals surface area (Å²) < 4.78 is 37.5. The SMILES string of the molecule is CCOC(=O)c1sc(NC(=O)c2ccccc2NS(=O)(=O)c2ccccc2)c(C(=O)NC(=O)OC)c1C. The van der Waals surface area contributed by atoms with Crippen LogP contribution in [0.5, 0.6) is 0 Å². The van der Waals surface area contributed by atoms with Crippen molar-refractivity contribution in [3.05, 3.63) is 76.2 Å². The van der Waals surface area contributed by atoms with Gasteiger partial charge in [0.1, 0.15) is 9.88 Å². The molecule has 194 valence electrons. The Bertz CT molecular complexity index is 1450. The zero-order chi connectivity index (χ0) is 27.2. The zero-order valence-corrected chi connectivity index (χ0v) is 21.6. The molecule has 3 aromatic rings. The van der Waals surface area contributed by atoms with Crippen LogP contribution in [0.4, 0.5) is 15.5 Å². The van der Waals surface area contributed by atoms with Gasteiger partial charge in [-0.1, -0.05) is 30.3 Å². The first-order valence-electron chi connectivity index (χ1n) is 10.8. The Labute approximate surface area is 216 Å². The third kappa shape index (κ3) is 6.32. The summed E-state index contributed by atoms with van der Waals surface area (Å²) in [5.74, 6) is -2.40. The number of nitrogens with one attached hydrogen (secondary N) is 3. The van der Waals surface area contributed by atoms with Crippen LogP contribution < -0.4 is 15.4 Å². The molecule has 11 nitrogen and oxygen atoms in total. The number of hydrogen-bond acceptors (Lipinski definition) is 9. The predicted molar refractivity (Wildman–Crippen MR) is 137 cm³/mol. The van der Waals surface area contributed by atoms with Crippen molar-refractivity contribution in [2.75, 3.05) is 23.8 Å². The van der Waals surface area contributed by atoms with Gasteiger partial charge in [-0.05, 0) is 43.7 Å². The van der Waals surface area contributed by atoms with Gasteiger partial charge in [-0.3, -0.25) is 19.6 Å². The number of sulfonamides is 1. The van der Waals surface area contributed by atoms with E-state index in [0.717, 1.165) is 18.4 Å². The summed E-state index contributed by atoms with van der Waals surface area (Å²) in [5.41, 5.74) is -0.0271. The number of carbonyl (C=O) groups is 4. The van der Waals surface area contributed by atoms with Crippen molar-refractivity contribution in [1.29, 1.82) is 0 Å². The number of alkyl carbamates (subject to hydrolysis) is 1. The Kier molecular flexibility index (Phi) is 8.63. The van der Waals surface area contributed by atoms with Gasteiger partial charge in [0.05, 0.1) is 35.4 Å². The van der Waals surface area contributed by atoms with Crippen LogP contribution in [-0.4, -0.2) is 46.0 Å². The van der Waals surface area contributed by atoms with Gasteiger partial charge in [-0.2, -0.15) is 0 Å². The molecule has 1 aromatic heterocycles. The van der Waals surface area contributed by atoms with Gasteiger partial charge in [0.2, 0.25) is 0 Å². The number of imide groups is 1. The highest BCUT2D eigenvalue weighted by Gasteiger charge is 2.28. The van der Waals surface area contributed by atoms with Gasteiger partial charge in [0.25, 0.3) is 21.8 Å². The van der Waals surface area contributed by atoms with Crippen molar-refractivity contribution in [3.63, 3.8) is 0 Å². The predicted octanol–water partition coefficient (Wildman–Crippen LogP) is 3.78. The minimum Gasteiger partial charge on any atom is -0.462 e. The Hall–Kier alpha value is -4.23. The van der Waals surface area contributed by atoms with Crippen molar-refractivity contribution in [2.45, 2.75) is 18.7 Å². The minimum atomic E-state index is -4.00. The summed E-state index contributed by atoms with van der Waals surface area (Å²) in [6, 6.07) is 13.5. The highest BCUT2D eigenvalue weighted by molar-refractivity contribution is 7.92. The van der Waals surface area contributed by atoms with E-state index in [4.69, 9.17) is 4.74 Å². The summed E-state index contributed by atoms with van der Waals surface area (Å²) in [4.78, 5) is 50.1. The molecule has 13 heteroatoms. The molecule has 0 saturated heterocycles. The van der Waals surface area contributed by atoms with Crippen molar-refractivity contribution >= 4 is 55.9 Å². The number of hydrogen-bond donors (Lipinski definition) is 3.